The summed E-state index contributed by atoms with van der Waals surface area (Å²) < 4.78 is 49.9. The van der Waals surface area contributed by atoms with E-state index < -0.39 is 12.0 Å². The second-order valence-corrected chi connectivity index (χ2v) is 7.23. The lowest BCUT2D eigenvalue weighted by Gasteiger charge is -2.06. The van der Waals surface area contributed by atoms with Crippen LogP contribution >= 0.6 is 23.1 Å². The third-order valence-electron chi connectivity index (χ3n) is 3.46. The molecule has 27 heavy (non-hydrogen) atoms. The van der Waals surface area contributed by atoms with Crippen LogP contribution in [0.4, 0.5) is 13.2 Å². The van der Waals surface area contributed by atoms with E-state index in [1.807, 2.05) is 5.38 Å². The number of alkyl halides is 3. The van der Waals surface area contributed by atoms with E-state index in [4.69, 9.17) is 9.47 Å². The number of hydrogen-bond donors (Lipinski definition) is 0. The van der Waals surface area contributed by atoms with Gasteiger partial charge in [0.05, 0.1) is 12.8 Å². The predicted octanol–water partition coefficient (Wildman–Crippen LogP) is 4.17. The van der Waals surface area contributed by atoms with E-state index in [1.165, 1.54) is 18.4 Å². The molecule has 2 heterocycles. The van der Waals surface area contributed by atoms with Crippen LogP contribution in [0.25, 0.3) is 0 Å². The van der Waals surface area contributed by atoms with Crippen molar-refractivity contribution in [3.63, 3.8) is 0 Å². The van der Waals surface area contributed by atoms with Gasteiger partial charge < -0.3 is 14.0 Å². The first-order valence-corrected chi connectivity index (χ1v) is 9.53. The van der Waals surface area contributed by atoms with Gasteiger partial charge in [0.1, 0.15) is 23.1 Å². The summed E-state index contributed by atoms with van der Waals surface area (Å²) in [6.45, 7) is 0.309. The standard InChI is InChI=1S/C16H15F3N4O2S2/c1-23-14(16(17,18)19)21-22-15(23)27-9-10-8-26-13(20-10)7-25-12-5-3-11(24-2)4-6-12/h3-6,8H,7,9H2,1-2H3. The highest BCUT2D eigenvalue weighted by atomic mass is 32.2. The topological polar surface area (TPSA) is 62.1 Å². The number of benzene rings is 1. The highest BCUT2D eigenvalue weighted by Crippen LogP contribution is 2.30. The summed E-state index contributed by atoms with van der Waals surface area (Å²) in [6, 6.07) is 7.20. The van der Waals surface area contributed by atoms with E-state index >= 15 is 0 Å². The molecule has 11 heteroatoms. The number of halogens is 3. The Kier molecular flexibility index (Phi) is 5.90. The van der Waals surface area contributed by atoms with Gasteiger partial charge >= 0.3 is 6.18 Å². The number of thiazole rings is 1. The molecule has 0 bridgehead atoms. The lowest BCUT2D eigenvalue weighted by atomic mass is 10.3. The van der Waals surface area contributed by atoms with E-state index in [-0.39, 0.29) is 5.16 Å². The first-order chi connectivity index (χ1) is 12.9. The van der Waals surface area contributed by atoms with Crippen LogP contribution in [-0.2, 0) is 25.6 Å². The molecule has 6 nitrogen and oxygen atoms in total. The average molecular weight is 416 g/mol. The lowest BCUT2D eigenvalue weighted by molar-refractivity contribution is -0.147. The Labute approximate surface area is 161 Å². The van der Waals surface area contributed by atoms with Crippen molar-refractivity contribution in [2.24, 2.45) is 7.05 Å². The van der Waals surface area contributed by atoms with Crippen LogP contribution in [0.15, 0.2) is 34.8 Å². The summed E-state index contributed by atoms with van der Waals surface area (Å²) in [5.74, 6) is 0.814. The largest absolute Gasteiger partial charge is 0.497 e. The fourth-order valence-corrected chi connectivity index (χ4v) is 3.74. The van der Waals surface area contributed by atoms with Crippen LogP contribution in [0, 0.1) is 0 Å². The molecule has 0 N–H and O–H groups in total. The zero-order valence-corrected chi connectivity index (χ0v) is 16.0. The minimum Gasteiger partial charge on any atom is -0.497 e. The molecule has 0 saturated heterocycles. The Morgan fingerprint density at radius 3 is 2.48 bits per heavy atom. The van der Waals surface area contributed by atoms with Crippen LogP contribution in [0.1, 0.15) is 16.5 Å². The molecule has 0 fully saturated rings. The minimum absolute atomic E-state index is 0.186. The maximum atomic E-state index is 12.7. The molecule has 0 atom stereocenters. The van der Waals surface area contributed by atoms with Crippen LogP contribution in [0.3, 0.4) is 0 Å². The highest BCUT2D eigenvalue weighted by molar-refractivity contribution is 7.98. The Morgan fingerprint density at radius 2 is 1.85 bits per heavy atom. The number of rotatable bonds is 7. The Bertz CT molecular complexity index is 894. The van der Waals surface area contributed by atoms with Crippen molar-refractivity contribution in [1.82, 2.24) is 19.7 Å². The molecular formula is C16H15F3N4O2S2. The van der Waals surface area contributed by atoms with Crippen molar-refractivity contribution in [3.05, 3.63) is 46.2 Å². The van der Waals surface area contributed by atoms with Crippen molar-refractivity contribution in [2.75, 3.05) is 7.11 Å². The average Bonchev–Trinajstić information content (AvgIpc) is 3.24. The van der Waals surface area contributed by atoms with Crippen molar-refractivity contribution in [2.45, 2.75) is 23.7 Å². The summed E-state index contributed by atoms with van der Waals surface area (Å²) in [5, 5.41) is 9.60. The molecule has 144 valence electrons. The molecule has 1 aromatic carbocycles. The van der Waals surface area contributed by atoms with Gasteiger partial charge in [-0.2, -0.15) is 13.2 Å². The number of hydrogen-bond acceptors (Lipinski definition) is 7. The third kappa shape index (κ3) is 4.92. The fraction of sp³-hybridized carbons (Fsp3) is 0.312. The van der Waals surface area contributed by atoms with Crippen LogP contribution in [0.2, 0.25) is 0 Å². The number of methoxy groups -OCH3 is 1. The first kappa shape index (κ1) is 19.5. The SMILES string of the molecule is COc1ccc(OCc2nc(CSc3nnc(C(F)(F)F)n3C)cs2)cc1. The molecular weight excluding hydrogens is 401 g/mol. The molecule has 0 spiro atoms. The number of thioether (sulfide) groups is 1. The van der Waals surface area contributed by atoms with Gasteiger partial charge in [0.2, 0.25) is 5.82 Å². The van der Waals surface area contributed by atoms with Gasteiger partial charge in [0.25, 0.3) is 0 Å². The third-order valence-corrected chi connectivity index (χ3v) is 5.38. The van der Waals surface area contributed by atoms with Gasteiger partial charge in [0, 0.05) is 18.2 Å². The molecule has 0 amide bonds. The van der Waals surface area contributed by atoms with E-state index in [9.17, 15) is 13.2 Å². The predicted molar refractivity (Wildman–Crippen MR) is 95.0 cm³/mol. The molecule has 0 radical (unpaired) electrons. The van der Waals surface area contributed by atoms with Gasteiger partial charge in [-0.15, -0.1) is 21.5 Å². The molecule has 0 saturated carbocycles. The smallest absolute Gasteiger partial charge is 0.451 e. The Hall–Kier alpha value is -2.27. The normalized spacial score (nSPS) is 11.6. The molecule has 0 aliphatic heterocycles. The second kappa shape index (κ2) is 8.17. The van der Waals surface area contributed by atoms with Crippen LogP contribution in [-0.4, -0.2) is 26.9 Å². The summed E-state index contributed by atoms with van der Waals surface area (Å²) in [6.07, 6.45) is -4.52. The maximum Gasteiger partial charge on any atom is 0.451 e. The Balaban J connectivity index is 1.54. The van der Waals surface area contributed by atoms with Crippen molar-refractivity contribution in [1.29, 1.82) is 0 Å². The highest BCUT2D eigenvalue weighted by Gasteiger charge is 2.37. The van der Waals surface area contributed by atoms with Crippen molar-refractivity contribution < 1.29 is 22.6 Å². The zero-order valence-electron chi connectivity index (χ0n) is 14.4. The molecule has 2 aromatic heterocycles. The van der Waals surface area contributed by atoms with E-state index in [0.29, 0.717) is 18.1 Å². The van der Waals surface area contributed by atoms with E-state index in [2.05, 4.69) is 15.2 Å². The van der Waals surface area contributed by atoms with Crippen LogP contribution in [0.5, 0.6) is 11.5 Å². The molecule has 0 aliphatic carbocycles. The summed E-state index contributed by atoms with van der Waals surface area (Å²) in [5.41, 5.74) is 0.745. The number of aromatic nitrogens is 4. The number of nitrogens with zero attached hydrogens (tertiary/aromatic N) is 4. The first-order valence-electron chi connectivity index (χ1n) is 7.66. The lowest BCUT2D eigenvalue weighted by Crippen LogP contribution is -2.12. The summed E-state index contributed by atoms with van der Waals surface area (Å²) in [4.78, 5) is 4.43. The maximum absolute atomic E-state index is 12.7. The van der Waals surface area contributed by atoms with Gasteiger partial charge in [-0.3, -0.25) is 0 Å². The summed E-state index contributed by atoms with van der Waals surface area (Å²) >= 11 is 2.58. The Morgan fingerprint density at radius 1 is 1.15 bits per heavy atom. The monoisotopic (exact) mass is 416 g/mol. The fourth-order valence-electron chi connectivity index (χ4n) is 2.12. The quantitative estimate of drug-likeness (QED) is 0.539. The van der Waals surface area contributed by atoms with Gasteiger partial charge in [-0.25, -0.2) is 4.98 Å². The van der Waals surface area contributed by atoms with E-state index in [0.717, 1.165) is 32.8 Å². The molecule has 0 aliphatic rings. The van der Waals surface area contributed by atoms with Crippen molar-refractivity contribution in [3.8, 4) is 11.5 Å². The van der Waals surface area contributed by atoms with Gasteiger partial charge in [-0.1, -0.05) is 11.8 Å². The molecule has 3 aromatic rings. The minimum atomic E-state index is -4.52. The van der Waals surface area contributed by atoms with Crippen molar-refractivity contribution >= 4 is 23.1 Å². The zero-order chi connectivity index (χ0) is 19.4. The van der Waals surface area contributed by atoms with Gasteiger partial charge in [0.15, 0.2) is 5.16 Å². The number of ether oxygens (including phenoxy) is 2. The van der Waals surface area contributed by atoms with Crippen LogP contribution < -0.4 is 9.47 Å². The van der Waals surface area contributed by atoms with E-state index in [1.54, 1.807) is 31.4 Å². The van der Waals surface area contributed by atoms with Gasteiger partial charge in [-0.05, 0) is 24.3 Å². The summed E-state index contributed by atoms with van der Waals surface area (Å²) in [7, 11) is 2.89. The second-order valence-electron chi connectivity index (χ2n) is 5.35. The molecule has 3 rings (SSSR count). The molecule has 0 unspecified atom stereocenters.